The van der Waals surface area contributed by atoms with Crippen LogP contribution in [0.2, 0.25) is 0 Å². The molecule has 7 heteroatoms. The van der Waals surface area contributed by atoms with Gasteiger partial charge in [0.2, 0.25) is 5.89 Å². The van der Waals surface area contributed by atoms with Gasteiger partial charge in [-0.05, 0) is 6.54 Å². The third-order valence-electron chi connectivity index (χ3n) is 2.13. The van der Waals surface area contributed by atoms with Crippen LogP contribution in [0.1, 0.15) is 18.5 Å². The summed E-state index contributed by atoms with van der Waals surface area (Å²) in [5.41, 5.74) is 2.91. The van der Waals surface area contributed by atoms with Crippen LogP contribution in [0.3, 0.4) is 0 Å². The number of nitrogens with one attached hydrogen (secondary N) is 2. The van der Waals surface area contributed by atoms with Crippen molar-refractivity contribution in [3.8, 4) is 0 Å². The molecule has 0 unspecified atom stereocenters. The third-order valence-corrected chi connectivity index (χ3v) is 2.77. The van der Waals surface area contributed by atoms with Crippen molar-refractivity contribution in [3.05, 3.63) is 22.5 Å². The summed E-state index contributed by atoms with van der Waals surface area (Å²) in [6.07, 6.45) is 0.856. The van der Waals surface area contributed by atoms with E-state index in [9.17, 15) is 0 Å². The van der Waals surface area contributed by atoms with Gasteiger partial charge in [-0.2, -0.15) is 0 Å². The molecule has 2 aromatic rings. The molecule has 0 saturated carbocycles. The molecule has 0 atom stereocenters. The largest absolute Gasteiger partial charge is 0.407 e. The van der Waals surface area contributed by atoms with E-state index in [1.807, 2.05) is 17.8 Å². The van der Waals surface area contributed by atoms with E-state index in [2.05, 4.69) is 25.8 Å². The number of hydrogen-bond donors (Lipinski definition) is 2. The van der Waals surface area contributed by atoms with Crippen molar-refractivity contribution in [3.63, 3.8) is 0 Å². The Morgan fingerprint density at radius 2 is 2.35 bits per heavy atom. The molecule has 6 nitrogen and oxygen atoms in total. The van der Waals surface area contributed by atoms with Gasteiger partial charge in [0.1, 0.15) is 0 Å². The molecule has 0 saturated heterocycles. The van der Waals surface area contributed by atoms with Crippen molar-refractivity contribution in [2.45, 2.75) is 19.9 Å². The lowest BCUT2D eigenvalue weighted by Crippen LogP contribution is -2.11. The van der Waals surface area contributed by atoms with Crippen molar-refractivity contribution in [2.75, 3.05) is 18.4 Å². The van der Waals surface area contributed by atoms with Crippen LogP contribution in [0.25, 0.3) is 0 Å². The van der Waals surface area contributed by atoms with Gasteiger partial charge in [-0.3, -0.25) is 0 Å². The lowest BCUT2D eigenvalue weighted by atomic mass is 10.3. The molecule has 2 rings (SSSR count). The fourth-order valence-electron chi connectivity index (χ4n) is 1.29. The number of nitrogens with zero attached hydrogens (tertiary/aromatic N) is 3. The van der Waals surface area contributed by atoms with Crippen LogP contribution in [0.4, 0.5) is 6.01 Å². The molecule has 92 valence electrons. The molecule has 2 N–H and O–H groups in total. The second-order valence-corrected chi connectivity index (χ2v) is 4.16. The minimum absolute atomic E-state index is 0.466. The SMILES string of the molecule is CCNCc1nnc(NCCc2cscn2)o1. The monoisotopic (exact) mass is 253 g/mol. The zero-order chi connectivity index (χ0) is 11.9. The second-order valence-electron chi connectivity index (χ2n) is 3.44. The summed E-state index contributed by atoms with van der Waals surface area (Å²) in [7, 11) is 0. The number of thiazole rings is 1. The molecule has 17 heavy (non-hydrogen) atoms. The molecule has 2 heterocycles. The van der Waals surface area contributed by atoms with Crippen LogP contribution in [0.5, 0.6) is 0 Å². The van der Waals surface area contributed by atoms with Gasteiger partial charge in [0.25, 0.3) is 0 Å². The van der Waals surface area contributed by atoms with Crippen LogP contribution >= 0.6 is 11.3 Å². The highest BCUT2D eigenvalue weighted by molar-refractivity contribution is 7.07. The Morgan fingerprint density at radius 3 is 3.12 bits per heavy atom. The van der Waals surface area contributed by atoms with Gasteiger partial charge in [0, 0.05) is 18.3 Å². The Hall–Kier alpha value is -1.47. The fraction of sp³-hybridized carbons (Fsp3) is 0.500. The Labute approximate surface area is 103 Å². The van der Waals surface area contributed by atoms with Crippen molar-refractivity contribution in [2.24, 2.45) is 0 Å². The Balaban J connectivity index is 1.73. The normalized spacial score (nSPS) is 10.6. The van der Waals surface area contributed by atoms with Gasteiger partial charge in [-0.25, -0.2) is 4.98 Å². The van der Waals surface area contributed by atoms with Crippen molar-refractivity contribution >= 4 is 17.4 Å². The first-order valence-electron chi connectivity index (χ1n) is 5.52. The van der Waals surface area contributed by atoms with E-state index >= 15 is 0 Å². The number of aromatic nitrogens is 3. The fourth-order valence-corrected chi connectivity index (χ4v) is 1.88. The molecule has 2 aromatic heterocycles. The number of rotatable bonds is 7. The molecule has 0 radical (unpaired) electrons. The average Bonchev–Trinajstić information content (AvgIpc) is 2.98. The molecule has 0 aliphatic heterocycles. The van der Waals surface area contributed by atoms with E-state index < -0.39 is 0 Å². The van der Waals surface area contributed by atoms with E-state index in [4.69, 9.17) is 4.42 Å². The molecule has 0 aliphatic carbocycles. The predicted molar refractivity (Wildman–Crippen MR) is 66.0 cm³/mol. The second kappa shape index (κ2) is 6.31. The van der Waals surface area contributed by atoms with E-state index in [-0.39, 0.29) is 0 Å². The molecular weight excluding hydrogens is 238 g/mol. The van der Waals surface area contributed by atoms with E-state index in [0.717, 1.165) is 25.2 Å². The van der Waals surface area contributed by atoms with Crippen molar-refractivity contribution in [1.82, 2.24) is 20.5 Å². The van der Waals surface area contributed by atoms with Gasteiger partial charge in [-0.1, -0.05) is 12.0 Å². The first-order valence-corrected chi connectivity index (χ1v) is 6.47. The van der Waals surface area contributed by atoms with E-state index in [1.54, 1.807) is 11.3 Å². The highest BCUT2D eigenvalue weighted by Gasteiger charge is 2.04. The molecule has 0 bridgehead atoms. The zero-order valence-electron chi connectivity index (χ0n) is 9.64. The van der Waals surface area contributed by atoms with Gasteiger partial charge in [0.05, 0.1) is 17.7 Å². The predicted octanol–water partition coefficient (Wildman–Crippen LogP) is 1.29. The Kier molecular flexibility index (Phi) is 4.45. The van der Waals surface area contributed by atoms with Crippen LogP contribution in [-0.4, -0.2) is 28.3 Å². The number of hydrogen-bond acceptors (Lipinski definition) is 7. The van der Waals surface area contributed by atoms with Gasteiger partial charge in [-0.15, -0.1) is 16.4 Å². The summed E-state index contributed by atoms with van der Waals surface area (Å²) in [6, 6.07) is 0.466. The average molecular weight is 253 g/mol. The first kappa shape index (κ1) is 12.0. The topological polar surface area (TPSA) is 75.9 Å². The summed E-state index contributed by atoms with van der Waals surface area (Å²) in [5, 5.41) is 16.1. The number of anilines is 1. The molecule has 0 aliphatic rings. The lowest BCUT2D eigenvalue weighted by Gasteiger charge is -1.98. The van der Waals surface area contributed by atoms with Crippen LogP contribution in [0.15, 0.2) is 15.3 Å². The smallest absolute Gasteiger partial charge is 0.315 e. The highest BCUT2D eigenvalue weighted by Crippen LogP contribution is 2.06. The van der Waals surface area contributed by atoms with Gasteiger partial charge in [0.15, 0.2) is 0 Å². The van der Waals surface area contributed by atoms with Crippen molar-refractivity contribution in [1.29, 1.82) is 0 Å². The summed E-state index contributed by atoms with van der Waals surface area (Å²) < 4.78 is 5.39. The lowest BCUT2D eigenvalue weighted by molar-refractivity contribution is 0.481. The van der Waals surface area contributed by atoms with E-state index in [1.165, 1.54) is 0 Å². The maximum absolute atomic E-state index is 5.39. The summed E-state index contributed by atoms with van der Waals surface area (Å²) in [6.45, 7) is 4.27. The molecule has 0 spiro atoms. The minimum Gasteiger partial charge on any atom is -0.407 e. The van der Waals surface area contributed by atoms with Gasteiger partial charge < -0.3 is 15.1 Å². The van der Waals surface area contributed by atoms with Crippen molar-refractivity contribution < 1.29 is 4.42 Å². The van der Waals surface area contributed by atoms with Crippen LogP contribution in [0, 0.1) is 0 Å². The molecule has 0 aromatic carbocycles. The van der Waals surface area contributed by atoms with Gasteiger partial charge >= 0.3 is 6.01 Å². The molecule has 0 fully saturated rings. The molecule has 0 amide bonds. The summed E-state index contributed by atoms with van der Waals surface area (Å²) in [4.78, 5) is 4.20. The standard InChI is InChI=1S/C10H15N5OS/c1-2-11-5-9-14-15-10(16-9)12-4-3-8-6-17-7-13-8/h6-7,11H,2-5H2,1H3,(H,12,15). The quantitative estimate of drug-likeness (QED) is 0.774. The third kappa shape index (κ3) is 3.79. The zero-order valence-corrected chi connectivity index (χ0v) is 10.5. The van der Waals surface area contributed by atoms with E-state index in [0.29, 0.717) is 18.5 Å². The molecular formula is C10H15N5OS. The highest BCUT2D eigenvalue weighted by atomic mass is 32.1. The minimum atomic E-state index is 0.466. The summed E-state index contributed by atoms with van der Waals surface area (Å²) >= 11 is 1.60. The Bertz CT molecular complexity index is 428. The Morgan fingerprint density at radius 1 is 1.41 bits per heavy atom. The first-order chi connectivity index (χ1) is 8.38. The van der Waals surface area contributed by atoms with Crippen LogP contribution in [-0.2, 0) is 13.0 Å². The van der Waals surface area contributed by atoms with Crippen LogP contribution < -0.4 is 10.6 Å². The summed E-state index contributed by atoms with van der Waals surface area (Å²) in [5.74, 6) is 0.600. The maximum atomic E-state index is 5.39. The maximum Gasteiger partial charge on any atom is 0.315 e.